The van der Waals surface area contributed by atoms with Crippen LogP contribution in [0.15, 0.2) is 46.9 Å². The molecule has 1 aliphatic heterocycles. The molecule has 1 N–H and O–H groups in total. The van der Waals surface area contributed by atoms with Gasteiger partial charge in [-0.25, -0.2) is 0 Å². The molecule has 1 aliphatic rings. The summed E-state index contributed by atoms with van der Waals surface area (Å²) in [6.07, 6.45) is 1.99. The van der Waals surface area contributed by atoms with Crippen LogP contribution in [-0.2, 0) is 11.2 Å². The number of halogens is 1. The minimum Gasteiger partial charge on any atom is -0.486 e. The fraction of sp³-hybridized carbons (Fsp3) is 0.350. The maximum atomic E-state index is 12.3. The Morgan fingerprint density at radius 3 is 2.56 bits per heavy atom. The molecule has 0 bridgehead atoms. The van der Waals surface area contributed by atoms with E-state index in [9.17, 15) is 4.79 Å². The normalized spacial score (nSPS) is 14.0. The van der Waals surface area contributed by atoms with E-state index in [-0.39, 0.29) is 11.9 Å². The summed E-state index contributed by atoms with van der Waals surface area (Å²) < 4.78 is 12.1. The van der Waals surface area contributed by atoms with Gasteiger partial charge in [0.05, 0.1) is 6.04 Å². The largest absolute Gasteiger partial charge is 0.486 e. The van der Waals surface area contributed by atoms with Crippen LogP contribution in [0, 0.1) is 0 Å². The molecule has 1 atom stereocenters. The third-order valence-electron chi connectivity index (χ3n) is 4.26. The van der Waals surface area contributed by atoms with Crippen molar-refractivity contribution in [3.8, 4) is 11.5 Å². The summed E-state index contributed by atoms with van der Waals surface area (Å²) in [6.45, 7) is 3.24. The molecule has 0 fully saturated rings. The van der Waals surface area contributed by atoms with Crippen LogP contribution in [0.25, 0.3) is 0 Å². The Hall–Kier alpha value is -2.01. The van der Waals surface area contributed by atoms with Gasteiger partial charge < -0.3 is 14.8 Å². The van der Waals surface area contributed by atoms with Crippen molar-refractivity contribution >= 4 is 21.8 Å². The molecule has 5 heteroatoms. The van der Waals surface area contributed by atoms with Crippen LogP contribution in [0.4, 0.5) is 0 Å². The van der Waals surface area contributed by atoms with E-state index in [1.807, 2.05) is 42.5 Å². The second-order valence-corrected chi connectivity index (χ2v) is 6.97. The molecule has 0 saturated heterocycles. The molecule has 1 unspecified atom stereocenters. The average molecular weight is 404 g/mol. The van der Waals surface area contributed by atoms with Crippen molar-refractivity contribution in [1.29, 1.82) is 0 Å². The number of carbonyl (C=O) groups excluding carboxylic acids is 1. The van der Waals surface area contributed by atoms with Gasteiger partial charge in [-0.15, -0.1) is 0 Å². The highest BCUT2D eigenvalue weighted by Gasteiger charge is 2.14. The van der Waals surface area contributed by atoms with Crippen molar-refractivity contribution < 1.29 is 14.3 Å². The predicted octanol–water partition coefficient (Wildman–Crippen LogP) is 4.42. The summed E-state index contributed by atoms with van der Waals surface area (Å²) in [5.41, 5.74) is 2.20. The fourth-order valence-corrected chi connectivity index (χ4v) is 3.15. The summed E-state index contributed by atoms with van der Waals surface area (Å²) in [7, 11) is 0. The molecule has 4 nitrogen and oxygen atoms in total. The molecule has 0 spiro atoms. The summed E-state index contributed by atoms with van der Waals surface area (Å²) >= 11 is 3.44. The average Bonchev–Trinajstić information content (AvgIpc) is 2.65. The Morgan fingerprint density at radius 1 is 1.12 bits per heavy atom. The maximum Gasteiger partial charge on any atom is 0.220 e. The van der Waals surface area contributed by atoms with Crippen LogP contribution in [0.5, 0.6) is 11.5 Å². The van der Waals surface area contributed by atoms with Crippen LogP contribution in [0.2, 0.25) is 0 Å². The molecule has 132 valence electrons. The van der Waals surface area contributed by atoms with Gasteiger partial charge in [0.1, 0.15) is 13.2 Å². The summed E-state index contributed by atoms with van der Waals surface area (Å²) in [5, 5.41) is 3.12. The van der Waals surface area contributed by atoms with Crippen LogP contribution in [0.3, 0.4) is 0 Å². The van der Waals surface area contributed by atoms with Crippen molar-refractivity contribution in [2.24, 2.45) is 0 Å². The topological polar surface area (TPSA) is 47.6 Å². The third-order valence-corrected chi connectivity index (χ3v) is 4.79. The summed E-state index contributed by atoms with van der Waals surface area (Å²) in [5.74, 6) is 1.61. The van der Waals surface area contributed by atoms with E-state index in [1.54, 1.807) is 0 Å². The number of aryl methyl sites for hydroxylation is 1. The van der Waals surface area contributed by atoms with Crippen LogP contribution in [-0.4, -0.2) is 19.1 Å². The number of rotatable bonds is 6. The molecule has 2 aromatic carbocycles. The zero-order valence-electron chi connectivity index (χ0n) is 14.3. The Balaban J connectivity index is 1.56. The lowest BCUT2D eigenvalue weighted by molar-refractivity contribution is -0.121. The fourth-order valence-electron chi connectivity index (χ4n) is 2.88. The zero-order valence-corrected chi connectivity index (χ0v) is 15.8. The number of ether oxygens (including phenoxy) is 2. The second-order valence-electron chi connectivity index (χ2n) is 6.06. The molecular weight excluding hydrogens is 382 g/mol. The van der Waals surface area contributed by atoms with Gasteiger partial charge >= 0.3 is 0 Å². The van der Waals surface area contributed by atoms with Crippen LogP contribution >= 0.6 is 15.9 Å². The molecule has 0 aliphatic carbocycles. The highest BCUT2D eigenvalue weighted by Crippen LogP contribution is 2.31. The summed E-state index contributed by atoms with van der Waals surface area (Å²) in [6, 6.07) is 14.0. The number of amides is 1. The number of carbonyl (C=O) groups is 1. The first-order valence-corrected chi connectivity index (χ1v) is 9.38. The molecule has 3 rings (SSSR count). The predicted molar refractivity (Wildman–Crippen MR) is 101 cm³/mol. The van der Waals surface area contributed by atoms with Crippen LogP contribution < -0.4 is 14.8 Å². The van der Waals surface area contributed by atoms with Crippen molar-refractivity contribution in [3.05, 3.63) is 58.1 Å². The lowest BCUT2D eigenvalue weighted by Crippen LogP contribution is -2.28. The lowest BCUT2D eigenvalue weighted by atomic mass is 10.0. The lowest BCUT2D eigenvalue weighted by Gasteiger charge is -2.19. The van der Waals surface area contributed by atoms with Crippen molar-refractivity contribution in [2.45, 2.75) is 32.2 Å². The third kappa shape index (κ3) is 4.75. The standard InChI is InChI=1S/C20H22BrNO3/c1-2-17(15-5-7-16(21)8-6-15)22-20(23)10-4-14-3-9-18-19(13-14)25-12-11-24-18/h3,5-9,13,17H,2,4,10-12H2,1H3,(H,22,23). The van der Waals surface area contributed by atoms with Crippen molar-refractivity contribution in [3.63, 3.8) is 0 Å². The van der Waals surface area contributed by atoms with Crippen molar-refractivity contribution in [1.82, 2.24) is 5.32 Å². The molecule has 25 heavy (non-hydrogen) atoms. The number of fused-ring (bicyclic) bond motifs is 1. The van der Waals surface area contributed by atoms with E-state index in [1.165, 1.54) is 0 Å². The zero-order chi connectivity index (χ0) is 17.6. The molecule has 0 aromatic heterocycles. The van der Waals surface area contributed by atoms with E-state index in [4.69, 9.17) is 9.47 Å². The number of hydrogen-bond acceptors (Lipinski definition) is 3. The first-order chi connectivity index (χ1) is 12.2. The smallest absolute Gasteiger partial charge is 0.220 e. The number of hydrogen-bond donors (Lipinski definition) is 1. The quantitative estimate of drug-likeness (QED) is 0.776. The molecule has 2 aromatic rings. The van der Waals surface area contributed by atoms with Gasteiger partial charge in [-0.05, 0) is 48.2 Å². The van der Waals surface area contributed by atoms with Gasteiger partial charge in [-0.2, -0.15) is 0 Å². The van der Waals surface area contributed by atoms with E-state index >= 15 is 0 Å². The first kappa shape index (κ1) is 17.8. The monoisotopic (exact) mass is 403 g/mol. The molecule has 0 radical (unpaired) electrons. The van der Waals surface area contributed by atoms with E-state index in [0.717, 1.165) is 33.5 Å². The Kier molecular flexibility index (Phi) is 5.97. The highest BCUT2D eigenvalue weighted by atomic mass is 79.9. The van der Waals surface area contributed by atoms with E-state index < -0.39 is 0 Å². The highest BCUT2D eigenvalue weighted by molar-refractivity contribution is 9.10. The second kappa shape index (κ2) is 8.39. The van der Waals surface area contributed by atoms with Gasteiger partial charge in [-0.1, -0.05) is 41.1 Å². The number of nitrogens with one attached hydrogen (secondary N) is 1. The van der Waals surface area contributed by atoms with E-state index in [2.05, 4.69) is 28.2 Å². The van der Waals surface area contributed by atoms with Crippen LogP contribution in [0.1, 0.15) is 36.9 Å². The Morgan fingerprint density at radius 2 is 1.84 bits per heavy atom. The minimum absolute atomic E-state index is 0.0425. The molecule has 0 saturated carbocycles. The van der Waals surface area contributed by atoms with Gasteiger partial charge in [-0.3, -0.25) is 4.79 Å². The maximum absolute atomic E-state index is 12.3. The Labute approximate surface area is 156 Å². The SMILES string of the molecule is CCC(NC(=O)CCc1ccc2c(c1)OCCO2)c1ccc(Br)cc1. The van der Waals surface area contributed by atoms with Gasteiger partial charge in [0, 0.05) is 10.9 Å². The minimum atomic E-state index is 0.0425. The van der Waals surface area contributed by atoms with Gasteiger partial charge in [0.15, 0.2) is 11.5 Å². The number of benzene rings is 2. The molecule has 1 amide bonds. The summed E-state index contributed by atoms with van der Waals surface area (Å²) in [4.78, 5) is 12.3. The van der Waals surface area contributed by atoms with E-state index in [0.29, 0.717) is 26.1 Å². The molecular formula is C20H22BrNO3. The molecule has 1 heterocycles. The Bertz CT molecular complexity index is 730. The van der Waals surface area contributed by atoms with Gasteiger partial charge in [0.25, 0.3) is 0 Å². The van der Waals surface area contributed by atoms with Crippen molar-refractivity contribution in [2.75, 3.05) is 13.2 Å². The van der Waals surface area contributed by atoms with Gasteiger partial charge in [0.2, 0.25) is 5.91 Å². The first-order valence-electron chi connectivity index (χ1n) is 8.59.